The Bertz CT molecular complexity index is 4960. The Balaban J connectivity index is 0.000000174. The minimum Gasteiger partial charge on any atom is -0.492 e. The van der Waals surface area contributed by atoms with Crippen LogP contribution in [0.15, 0.2) is 213 Å². The van der Waals surface area contributed by atoms with Crippen LogP contribution >= 0.6 is 23.2 Å². The molecule has 0 spiro atoms. The zero-order valence-corrected chi connectivity index (χ0v) is 84.5. The van der Waals surface area contributed by atoms with Gasteiger partial charge >= 0.3 is 12.4 Å². The van der Waals surface area contributed by atoms with Gasteiger partial charge in [-0.25, -0.2) is 0 Å². The van der Waals surface area contributed by atoms with Crippen molar-refractivity contribution in [2.45, 2.75) is 183 Å². The van der Waals surface area contributed by atoms with Crippen LogP contribution in [0.2, 0.25) is 10.0 Å². The van der Waals surface area contributed by atoms with Crippen LogP contribution in [0, 0.1) is 69.2 Å². The molecule has 8 heterocycles. The molecule has 0 radical (unpaired) electrons. The molecule has 0 saturated carbocycles. The fourth-order valence-electron chi connectivity index (χ4n) is 16.0. The van der Waals surface area contributed by atoms with Gasteiger partial charge in [0.05, 0.1) is 27.8 Å². The van der Waals surface area contributed by atoms with Gasteiger partial charge in [0.1, 0.15) is 109 Å². The number of halogens is 8. The smallest absolute Gasteiger partial charge is 0.419 e. The molecule has 10 aromatic rings. The van der Waals surface area contributed by atoms with Crippen molar-refractivity contribution in [2.75, 3.05) is 165 Å². The highest BCUT2D eigenvalue weighted by atomic mass is 35.5. The highest BCUT2D eigenvalue weighted by molar-refractivity contribution is 6.32. The van der Waals surface area contributed by atoms with E-state index in [1.54, 1.807) is 32.3 Å². The van der Waals surface area contributed by atoms with Gasteiger partial charge in [0.15, 0.2) is 0 Å². The number of hydrogen-bond acceptors (Lipinski definition) is 18. The molecule has 1 atom stereocenters. The van der Waals surface area contributed by atoms with E-state index in [1.807, 2.05) is 118 Å². The minimum absolute atomic E-state index is 0.0719. The van der Waals surface area contributed by atoms with E-state index in [9.17, 15) is 26.3 Å². The summed E-state index contributed by atoms with van der Waals surface area (Å²) in [4.78, 5) is 13.5. The predicted octanol–water partition coefficient (Wildman–Crippen LogP) is 24.7. The Morgan fingerprint density at radius 2 is 0.688 bits per heavy atom. The van der Waals surface area contributed by atoms with Crippen molar-refractivity contribution in [3.8, 4) is 57.5 Å². The molecule has 0 aliphatic carbocycles. The Labute approximate surface area is 827 Å². The summed E-state index contributed by atoms with van der Waals surface area (Å²) >= 11 is 12.2. The Morgan fingerprint density at radius 3 is 1.12 bits per heavy atom. The van der Waals surface area contributed by atoms with Gasteiger partial charge in [0.25, 0.3) is 0 Å². The quantitative estimate of drug-likeness (QED) is 0.0314. The first-order chi connectivity index (χ1) is 66.5. The molecule has 7 aliphatic rings. The van der Waals surface area contributed by atoms with E-state index in [0.717, 1.165) is 199 Å². The maximum atomic E-state index is 12.9. The van der Waals surface area contributed by atoms with Crippen molar-refractivity contribution >= 4 is 23.2 Å². The number of aromatic nitrogens is 1. The summed E-state index contributed by atoms with van der Waals surface area (Å²) in [5.74, 6) is 7.66. The number of nitrogens with one attached hydrogen (secondary N) is 3. The van der Waals surface area contributed by atoms with Crippen molar-refractivity contribution in [2.24, 2.45) is 0 Å². The zero-order chi connectivity index (χ0) is 98.7. The van der Waals surface area contributed by atoms with E-state index in [0.29, 0.717) is 71.6 Å². The lowest BCUT2D eigenvalue weighted by Gasteiger charge is -2.24. The van der Waals surface area contributed by atoms with Gasteiger partial charge in [-0.05, 0) is 387 Å². The lowest BCUT2D eigenvalue weighted by molar-refractivity contribution is -0.139. The van der Waals surface area contributed by atoms with E-state index in [2.05, 4.69) is 142 Å². The average Bonchev–Trinajstić information content (AvgIpc) is 0.890. The van der Waals surface area contributed by atoms with Crippen LogP contribution in [-0.4, -0.2) is 207 Å². The maximum absolute atomic E-state index is 12.9. The van der Waals surface area contributed by atoms with Crippen LogP contribution in [0.5, 0.6) is 57.5 Å². The monoisotopic (exact) mass is 1950 g/mol. The fourth-order valence-corrected chi connectivity index (χ4v) is 16.5. The van der Waals surface area contributed by atoms with Crippen LogP contribution in [0.25, 0.3) is 0 Å². The second-order valence-electron chi connectivity index (χ2n) is 35.9. The topological polar surface area (TPSA) is 154 Å². The highest BCUT2D eigenvalue weighted by Crippen LogP contribution is 2.38. The van der Waals surface area contributed by atoms with Crippen LogP contribution in [0.4, 0.5) is 26.3 Å². The van der Waals surface area contributed by atoms with Crippen molar-refractivity contribution in [3.05, 3.63) is 289 Å². The van der Waals surface area contributed by atoms with Gasteiger partial charge in [-0.3, -0.25) is 24.6 Å². The molecule has 1 aromatic heterocycles. The molecule has 9 aromatic carbocycles. The highest BCUT2D eigenvalue weighted by Gasteiger charge is 2.35. The largest absolute Gasteiger partial charge is 0.492 e. The number of nitrogens with zero attached hydrogens (tertiary/aromatic N) is 5. The lowest BCUT2D eigenvalue weighted by Crippen LogP contribution is -2.34. The molecule has 7 aliphatic heterocycles. The first-order valence-corrected chi connectivity index (χ1v) is 49.8. The second kappa shape index (κ2) is 61.7. The van der Waals surface area contributed by atoms with Crippen LogP contribution in [0.3, 0.4) is 0 Å². The number of alkyl halides is 6. The molecule has 7 fully saturated rings. The SMILES string of the molecule is COCCOc1ccc(C(F)(F)F)cc1C.Cc1ccc(OC2CCNC2)cc1.Cc1ccc(OC2CCNCC2)c(Cl)c1.Cc1ccc(OC2CCNCC2)cc1.Cc1ccc(OCCN2CCCC2)c(C(F)(F)F)c1.Cc1ccc(OCCN2CCCC2)c(C)c1.Cc1ccc(OCCN2CCCC2)c(Cl)c1.Cc1ccc(OCCN2CCCC2)cc1.Cc1cccc(Oc2ccncc2)c1. The van der Waals surface area contributed by atoms with Gasteiger partial charge in [-0.1, -0.05) is 130 Å². The van der Waals surface area contributed by atoms with Crippen molar-refractivity contribution in [1.82, 2.24) is 40.5 Å². The fraction of sp³-hybridized carbons (Fsp3) is 0.473. The molecule has 1 unspecified atom stereocenters. The summed E-state index contributed by atoms with van der Waals surface area (Å²) in [6.07, 6.45) is 11.7. The molecule has 0 amide bonds. The normalized spacial score (nSPS) is 16.2. The Hall–Kier alpha value is -9.83. The van der Waals surface area contributed by atoms with Gasteiger partial charge in [-0.2, -0.15) is 26.3 Å². The van der Waals surface area contributed by atoms with Crippen LogP contribution in [-0.2, 0) is 17.1 Å². The summed E-state index contributed by atoms with van der Waals surface area (Å²) in [5.41, 5.74) is 9.58. The lowest BCUT2D eigenvalue weighted by atomic mass is 10.1. The number of pyridine rings is 1. The summed E-state index contributed by atoms with van der Waals surface area (Å²) in [6.45, 7) is 42.7. The van der Waals surface area contributed by atoms with Crippen LogP contribution < -0.4 is 58.6 Å². The van der Waals surface area contributed by atoms with E-state index in [-0.39, 0.29) is 5.75 Å². The van der Waals surface area contributed by atoms with Crippen molar-refractivity contribution in [1.29, 1.82) is 0 Å². The molecule has 138 heavy (non-hydrogen) atoms. The van der Waals surface area contributed by atoms with E-state index in [1.165, 1.54) is 143 Å². The molecular weight excluding hydrogens is 1800 g/mol. The van der Waals surface area contributed by atoms with Gasteiger partial charge in [-0.15, -0.1) is 0 Å². The molecule has 18 nitrogen and oxygen atoms in total. The zero-order valence-electron chi connectivity index (χ0n) is 82.9. The number of ether oxygens (including phenoxy) is 10. The number of hydrogen-bond donors (Lipinski definition) is 3. The standard InChI is InChI=1S/C14H18F3NO.C14H21NO.C13H18ClNO.C13H19NO.C12H16ClNO.C12H17NO.C12H11NO.C11H13F3O2.C11H15NO/c1-11-4-5-13(12(10-11)14(15,16)17)19-9-8-18-6-2-3-7-18;1-12-5-6-14(13(2)11-12)16-10-9-15-7-3-4-8-15;1-11-4-5-13(12(14)10-11)16-9-8-15-6-2-3-7-15;1-12-4-6-13(7-5-12)15-11-10-14-8-2-3-9-14;1-9-2-3-12(11(13)8-9)15-10-4-6-14-7-5-10;1-10-2-4-11(5-3-10)14-12-6-8-13-9-7-12;1-10-3-2-4-12(9-10)14-11-5-7-13-8-6-11;1-8-7-9(11(12,13)14)3-4-10(8)16-6-5-15-2;1-9-2-4-10(5-3-9)13-11-6-7-12-8-11/h4-5,10H,2-3,6-9H2,1H3;5-6,11H,3-4,7-10H2,1-2H3;4-5,10H,2-3,6-9H2,1H3;4-7H,2-3,8-11H2,1H3;2-3,8,10,14H,4-7H2,1H3;2-5,12-13H,6-9H2,1H3;2-9H,1H3;3-4,7H,5-6H2,1-2H3;2-5,11-12H,6-8H2,1H3. The Kier molecular flexibility index (Phi) is 50.0. The van der Waals surface area contributed by atoms with Gasteiger partial charge in [0.2, 0.25) is 0 Å². The van der Waals surface area contributed by atoms with Gasteiger partial charge in [0, 0.05) is 52.2 Å². The van der Waals surface area contributed by atoms with E-state index in [4.69, 9.17) is 70.6 Å². The number of aryl methyl sites for hydroxylation is 10. The molecule has 26 heteroatoms. The summed E-state index contributed by atoms with van der Waals surface area (Å²) in [6, 6.07) is 62.2. The number of rotatable bonds is 28. The van der Waals surface area contributed by atoms with Gasteiger partial charge < -0.3 is 63.3 Å². The van der Waals surface area contributed by atoms with Crippen molar-refractivity contribution < 1.29 is 73.7 Å². The third-order valence-corrected chi connectivity index (χ3v) is 24.5. The third-order valence-electron chi connectivity index (χ3n) is 23.9. The first-order valence-electron chi connectivity index (χ1n) is 49.0. The number of likely N-dealkylation sites (tertiary alicyclic amines) is 4. The summed E-state index contributed by atoms with van der Waals surface area (Å²) < 4.78 is 131. The molecule has 17 rings (SSSR count). The summed E-state index contributed by atoms with van der Waals surface area (Å²) in [5, 5.41) is 11.3. The first kappa shape index (κ1) is 112. The minimum atomic E-state index is -4.37. The third kappa shape index (κ3) is 44.3. The van der Waals surface area contributed by atoms with Crippen LogP contribution in [0.1, 0.15) is 150 Å². The molecule has 3 N–H and O–H groups in total. The predicted molar refractivity (Wildman–Crippen MR) is 547 cm³/mol. The molecule has 0 bridgehead atoms. The number of benzene rings is 9. The number of piperidine rings is 2. The molecular formula is C112H148Cl2F6N8O10. The average molecular weight is 1950 g/mol. The summed E-state index contributed by atoms with van der Waals surface area (Å²) in [7, 11) is 1.53. The van der Waals surface area contributed by atoms with E-state index >= 15 is 0 Å². The van der Waals surface area contributed by atoms with Crippen molar-refractivity contribution in [3.63, 3.8) is 0 Å². The Morgan fingerprint density at radius 1 is 0.319 bits per heavy atom. The number of methoxy groups -OCH3 is 1. The molecule has 752 valence electrons. The maximum Gasteiger partial charge on any atom is 0.419 e. The molecule has 7 saturated heterocycles. The second-order valence-corrected chi connectivity index (χ2v) is 36.8. The van der Waals surface area contributed by atoms with E-state index < -0.39 is 23.5 Å².